The molecule has 0 fully saturated rings. The summed E-state index contributed by atoms with van der Waals surface area (Å²) in [5.41, 5.74) is 3.87. The van der Waals surface area contributed by atoms with E-state index >= 15 is 0 Å². The Kier molecular flexibility index (Phi) is 5.26. The van der Waals surface area contributed by atoms with Gasteiger partial charge in [-0.15, -0.1) is 0 Å². The fourth-order valence-corrected chi connectivity index (χ4v) is 3.15. The molecule has 4 rings (SSSR count). The Hall–Kier alpha value is -3.31. The van der Waals surface area contributed by atoms with E-state index in [4.69, 9.17) is 16.3 Å². The van der Waals surface area contributed by atoms with Gasteiger partial charge in [0.15, 0.2) is 0 Å². The van der Waals surface area contributed by atoms with Crippen LogP contribution in [0.25, 0.3) is 10.9 Å². The molecule has 140 valence electrons. The van der Waals surface area contributed by atoms with Crippen molar-refractivity contribution in [2.45, 2.75) is 6.54 Å². The number of ether oxygens (including phenoxy) is 1. The summed E-state index contributed by atoms with van der Waals surface area (Å²) >= 11 is 6.08. The van der Waals surface area contributed by atoms with Crippen LogP contribution in [0.4, 0.5) is 17.2 Å². The van der Waals surface area contributed by atoms with E-state index in [1.165, 1.54) is 0 Å². The zero-order valence-electron chi connectivity index (χ0n) is 15.3. The Balaban J connectivity index is 1.58. The predicted molar refractivity (Wildman–Crippen MR) is 115 cm³/mol. The summed E-state index contributed by atoms with van der Waals surface area (Å²) in [6.07, 6.45) is 1.55. The number of nitrogens with one attached hydrogen (secondary N) is 2. The topological polar surface area (TPSA) is 59.1 Å². The van der Waals surface area contributed by atoms with Crippen LogP contribution in [-0.4, -0.2) is 17.1 Å². The van der Waals surface area contributed by atoms with Crippen LogP contribution in [0.5, 0.6) is 5.75 Å². The number of fused-ring (bicyclic) bond motifs is 1. The van der Waals surface area contributed by atoms with E-state index < -0.39 is 0 Å². The van der Waals surface area contributed by atoms with Crippen molar-refractivity contribution in [3.63, 3.8) is 0 Å². The summed E-state index contributed by atoms with van der Waals surface area (Å²) in [7, 11) is 1.67. The second kappa shape index (κ2) is 8.15. The number of benzene rings is 3. The van der Waals surface area contributed by atoms with Crippen LogP contribution in [0, 0.1) is 0 Å². The molecule has 0 aliphatic heterocycles. The van der Waals surface area contributed by atoms with Gasteiger partial charge in [-0.1, -0.05) is 29.8 Å². The van der Waals surface area contributed by atoms with Gasteiger partial charge < -0.3 is 15.4 Å². The monoisotopic (exact) mass is 390 g/mol. The Morgan fingerprint density at radius 1 is 0.929 bits per heavy atom. The summed E-state index contributed by atoms with van der Waals surface area (Å²) in [6, 6.07) is 21.6. The van der Waals surface area contributed by atoms with Crippen LogP contribution >= 0.6 is 11.6 Å². The summed E-state index contributed by atoms with van der Waals surface area (Å²) in [4.78, 5) is 8.77. The third-order valence-electron chi connectivity index (χ3n) is 4.35. The van der Waals surface area contributed by atoms with Gasteiger partial charge in [-0.25, -0.2) is 9.97 Å². The third-order valence-corrected chi connectivity index (χ3v) is 4.59. The Morgan fingerprint density at radius 2 is 1.82 bits per heavy atom. The lowest BCUT2D eigenvalue weighted by atomic mass is 10.1. The standard InChI is InChI=1S/C22H19ClN4O/c1-28-19-7-2-4-15(10-19)13-24-17-8-9-21-20(12-17)22(26-14-25-21)27-18-6-3-5-16(23)11-18/h2-12,14,24H,13H2,1H3,(H,25,26,27). The fourth-order valence-electron chi connectivity index (χ4n) is 2.96. The molecule has 0 atom stereocenters. The average Bonchev–Trinajstić information content (AvgIpc) is 2.73. The maximum absolute atomic E-state index is 6.08. The predicted octanol–water partition coefficient (Wildman–Crippen LogP) is 5.65. The Morgan fingerprint density at radius 3 is 2.68 bits per heavy atom. The molecule has 0 unspecified atom stereocenters. The molecule has 3 aromatic carbocycles. The fraction of sp³-hybridized carbons (Fsp3) is 0.0909. The lowest BCUT2D eigenvalue weighted by molar-refractivity contribution is 0.414. The number of aromatic nitrogens is 2. The maximum atomic E-state index is 6.08. The third kappa shape index (κ3) is 4.15. The molecule has 5 nitrogen and oxygen atoms in total. The van der Waals surface area contributed by atoms with Gasteiger partial charge in [0.25, 0.3) is 0 Å². The van der Waals surface area contributed by atoms with Crippen molar-refractivity contribution >= 4 is 39.7 Å². The second-order valence-electron chi connectivity index (χ2n) is 6.29. The van der Waals surface area contributed by atoms with Crippen LogP contribution in [0.2, 0.25) is 5.02 Å². The van der Waals surface area contributed by atoms with Crippen LogP contribution in [0.15, 0.2) is 73.1 Å². The zero-order chi connectivity index (χ0) is 19.3. The van der Waals surface area contributed by atoms with Gasteiger partial charge >= 0.3 is 0 Å². The first-order valence-corrected chi connectivity index (χ1v) is 9.23. The molecular formula is C22H19ClN4O. The van der Waals surface area contributed by atoms with Crippen LogP contribution < -0.4 is 15.4 Å². The van der Waals surface area contributed by atoms with Gasteiger partial charge in [0, 0.05) is 28.3 Å². The first-order valence-electron chi connectivity index (χ1n) is 8.85. The van der Waals surface area contributed by atoms with Gasteiger partial charge in [-0.2, -0.15) is 0 Å². The van der Waals surface area contributed by atoms with Gasteiger partial charge in [0.05, 0.1) is 12.6 Å². The van der Waals surface area contributed by atoms with Gasteiger partial charge in [0.1, 0.15) is 17.9 Å². The number of nitrogens with zero attached hydrogens (tertiary/aromatic N) is 2. The van der Waals surface area contributed by atoms with Crippen LogP contribution in [-0.2, 0) is 6.54 Å². The van der Waals surface area contributed by atoms with Crippen molar-refractivity contribution in [2.24, 2.45) is 0 Å². The zero-order valence-corrected chi connectivity index (χ0v) is 16.1. The van der Waals surface area contributed by atoms with E-state index in [1.54, 1.807) is 13.4 Å². The molecule has 0 bridgehead atoms. The summed E-state index contributed by atoms with van der Waals surface area (Å²) in [5, 5.41) is 8.37. The van der Waals surface area contributed by atoms with E-state index in [0.717, 1.165) is 39.4 Å². The average molecular weight is 391 g/mol. The Bertz CT molecular complexity index is 1120. The van der Waals surface area contributed by atoms with E-state index in [2.05, 4.69) is 26.7 Å². The lowest BCUT2D eigenvalue weighted by Crippen LogP contribution is -2.01. The van der Waals surface area contributed by atoms with Crippen molar-refractivity contribution in [3.8, 4) is 5.75 Å². The molecule has 6 heteroatoms. The number of halogens is 1. The molecule has 0 saturated heterocycles. The molecule has 0 spiro atoms. The molecule has 0 aliphatic rings. The molecule has 2 N–H and O–H groups in total. The Labute approximate surface area is 168 Å². The molecule has 0 saturated carbocycles. The van der Waals surface area contributed by atoms with E-state index in [-0.39, 0.29) is 0 Å². The summed E-state index contributed by atoms with van der Waals surface area (Å²) < 4.78 is 5.28. The van der Waals surface area contributed by atoms with Crippen molar-refractivity contribution in [1.29, 1.82) is 0 Å². The minimum atomic E-state index is 0.670. The van der Waals surface area contributed by atoms with E-state index in [9.17, 15) is 0 Å². The first-order chi connectivity index (χ1) is 13.7. The highest BCUT2D eigenvalue weighted by molar-refractivity contribution is 6.30. The van der Waals surface area contributed by atoms with Gasteiger partial charge in [-0.3, -0.25) is 0 Å². The van der Waals surface area contributed by atoms with E-state index in [0.29, 0.717) is 11.6 Å². The largest absolute Gasteiger partial charge is 0.497 e. The number of hydrogen-bond acceptors (Lipinski definition) is 5. The molecule has 1 aromatic heterocycles. The first kappa shape index (κ1) is 18.1. The molecule has 0 aliphatic carbocycles. The normalized spacial score (nSPS) is 10.6. The molecule has 28 heavy (non-hydrogen) atoms. The number of methoxy groups -OCH3 is 1. The molecule has 0 amide bonds. The molecule has 4 aromatic rings. The number of hydrogen-bond donors (Lipinski definition) is 2. The van der Waals surface area contributed by atoms with Crippen molar-refractivity contribution in [2.75, 3.05) is 17.7 Å². The van der Waals surface area contributed by atoms with Gasteiger partial charge in [-0.05, 0) is 54.1 Å². The molecule has 0 radical (unpaired) electrons. The number of anilines is 3. The second-order valence-corrected chi connectivity index (χ2v) is 6.73. The highest BCUT2D eigenvalue weighted by Gasteiger charge is 2.06. The summed E-state index contributed by atoms with van der Waals surface area (Å²) in [6.45, 7) is 0.688. The van der Waals surface area contributed by atoms with Crippen LogP contribution in [0.3, 0.4) is 0 Å². The number of rotatable bonds is 6. The van der Waals surface area contributed by atoms with Gasteiger partial charge in [0.2, 0.25) is 0 Å². The van der Waals surface area contributed by atoms with Crippen LogP contribution in [0.1, 0.15) is 5.56 Å². The highest BCUT2D eigenvalue weighted by Crippen LogP contribution is 2.27. The van der Waals surface area contributed by atoms with Crippen molar-refractivity contribution < 1.29 is 4.74 Å². The minimum absolute atomic E-state index is 0.670. The van der Waals surface area contributed by atoms with Crippen molar-refractivity contribution in [1.82, 2.24) is 9.97 Å². The smallest absolute Gasteiger partial charge is 0.141 e. The quantitative estimate of drug-likeness (QED) is 0.445. The molecule has 1 heterocycles. The SMILES string of the molecule is COc1cccc(CNc2ccc3ncnc(Nc4cccc(Cl)c4)c3c2)c1. The summed E-state index contributed by atoms with van der Waals surface area (Å²) in [5.74, 6) is 1.58. The lowest BCUT2D eigenvalue weighted by Gasteiger charge is -2.11. The van der Waals surface area contributed by atoms with Crippen molar-refractivity contribution in [3.05, 3.63) is 83.6 Å². The highest BCUT2D eigenvalue weighted by atomic mass is 35.5. The molecular weight excluding hydrogens is 372 g/mol. The van der Waals surface area contributed by atoms with E-state index in [1.807, 2.05) is 60.7 Å². The maximum Gasteiger partial charge on any atom is 0.141 e. The minimum Gasteiger partial charge on any atom is -0.497 e.